The zero-order valence-electron chi connectivity index (χ0n) is 12.9. The predicted octanol–water partition coefficient (Wildman–Crippen LogP) is 2.24. The fraction of sp³-hybridized carbons (Fsp3) is 0.786. The van der Waals surface area contributed by atoms with Crippen LogP contribution in [0.3, 0.4) is 0 Å². The second-order valence-corrected chi connectivity index (χ2v) is 6.14. The van der Waals surface area contributed by atoms with E-state index in [-0.39, 0.29) is 17.2 Å². The molecule has 0 aromatic carbocycles. The summed E-state index contributed by atoms with van der Waals surface area (Å²) in [6.07, 6.45) is 4.29. The molecule has 0 amide bonds. The van der Waals surface area contributed by atoms with Crippen molar-refractivity contribution in [3.8, 4) is 0 Å². The van der Waals surface area contributed by atoms with Gasteiger partial charge in [0.2, 0.25) is 5.82 Å². The average molecular weight is 296 g/mol. The van der Waals surface area contributed by atoms with Gasteiger partial charge >= 0.3 is 5.69 Å². The highest BCUT2D eigenvalue weighted by molar-refractivity contribution is 5.61. The second kappa shape index (κ2) is 6.01. The van der Waals surface area contributed by atoms with Crippen molar-refractivity contribution in [1.29, 1.82) is 0 Å². The van der Waals surface area contributed by atoms with Crippen LogP contribution in [0.2, 0.25) is 0 Å². The number of rotatable bonds is 5. The Bertz CT molecular complexity index is 529. The Hall–Kier alpha value is -1.63. The lowest BCUT2D eigenvalue weighted by atomic mass is 9.77. The smallest absolute Gasteiger partial charge is 0.333 e. The van der Waals surface area contributed by atoms with Gasteiger partial charge in [-0.1, -0.05) is 26.7 Å². The summed E-state index contributed by atoms with van der Waals surface area (Å²) in [6, 6.07) is 0. The Morgan fingerprint density at radius 2 is 2.33 bits per heavy atom. The largest absolute Gasteiger partial charge is 0.394 e. The minimum atomic E-state index is -0.485. The SMILES string of the molecule is CCc1nn(C)c(NC2(CO)CCCC(C)C2)c1[N+](=O)[O-]. The van der Waals surface area contributed by atoms with Gasteiger partial charge in [0, 0.05) is 7.05 Å². The number of nitrogens with one attached hydrogen (secondary N) is 1. The Morgan fingerprint density at radius 3 is 2.86 bits per heavy atom. The van der Waals surface area contributed by atoms with Crippen LogP contribution in [0, 0.1) is 16.0 Å². The Morgan fingerprint density at radius 1 is 1.62 bits per heavy atom. The number of aliphatic hydroxyl groups excluding tert-OH is 1. The van der Waals surface area contributed by atoms with Gasteiger partial charge in [-0.25, -0.2) is 4.68 Å². The fourth-order valence-corrected chi connectivity index (χ4v) is 3.35. The molecule has 118 valence electrons. The van der Waals surface area contributed by atoms with E-state index in [2.05, 4.69) is 17.3 Å². The Kier molecular flexibility index (Phi) is 4.51. The van der Waals surface area contributed by atoms with Gasteiger partial charge in [-0.15, -0.1) is 0 Å². The third-order valence-electron chi connectivity index (χ3n) is 4.39. The van der Waals surface area contributed by atoms with E-state index in [1.807, 2.05) is 6.92 Å². The summed E-state index contributed by atoms with van der Waals surface area (Å²) in [6.45, 7) is 3.98. The third kappa shape index (κ3) is 3.02. The molecule has 0 spiro atoms. The molecular weight excluding hydrogens is 272 g/mol. The number of hydrogen-bond acceptors (Lipinski definition) is 5. The first-order chi connectivity index (χ1) is 9.92. The minimum absolute atomic E-state index is 0.0267. The van der Waals surface area contributed by atoms with Crippen LogP contribution in [0.4, 0.5) is 11.5 Å². The molecule has 2 unspecified atom stereocenters. The van der Waals surface area contributed by atoms with Gasteiger partial charge in [0.25, 0.3) is 0 Å². The van der Waals surface area contributed by atoms with E-state index >= 15 is 0 Å². The van der Waals surface area contributed by atoms with Crippen LogP contribution in [-0.4, -0.2) is 32.0 Å². The molecule has 2 N–H and O–H groups in total. The van der Waals surface area contributed by atoms with E-state index < -0.39 is 5.54 Å². The Labute approximate surface area is 124 Å². The van der Waals surface area contributed by atoms with Crippen LogP contribution in [0.25, 0.3) is 0 Å². The molecule has 0 aliphatic heterocycles. The average Bonchev–Trinajstić information content (AvgIpc) is 2.75. The van der Waals surface area contributed by atoms with E-state index in [0.717, 1.165) is 25.7 Å². The quantitative estimate of drug-likeness (QED) is 0.642. The standard InChI is InChI=1S/C14H24N4O3/c1-4-11-12(18(20)21)13(17(3)16-11)15-14(9-19)7-5-6-10(2)8-14/h10,15,19H,4-9H2,1-3H3. The normalized spacial score (nSPS) is 25.8. The molecule has 1 aliphatic carbocycles. The number of aliphatic hydroxyl groups is 1. The van der Waals surface area contributed by atoms with Crippen molar-refractivity contribution >= 4 is 11.5 Å². The van der Waals surface area contributed by atoms with E-state index in [9.17, 15) is 15.2 Å². The van der Waals surface area contributed by atoms with Crippen molar-refractivity contribution in [3.63, 3.8) is 0 Å². The van der Waals surface area contributed by atoms with Gasteiger partial charge in [0.1, 0.15) is 5.69 Å². The molecule has 2 atom stereocenters. The molecule has 1 saturated carbocycles. The predicted molar refractivity (Wildman–Crippen MR) is 80.3 cm³/mol. The zero-order chi connectivity index (χ0) is 15.6. The zero-order valence-corrected chi connectivity index (χ0v) is 12.9. The van der Waals surface area contributed by atoms with Crippen molar-refractivity contribution in [1.82, 2.24) is 9.78 Å². The Balaban J connectivity index is 2.37. The summed E-state index contributed by atoms with van der Waals surface area (Å²) in [4.78, 5) is 11.0. The molecule has 1 aliphatic rings. The number of aryl methyl sites for hydroxylation is 2. The first-order valence-electron chi connectivity index (χ1n) is 7.51. The van der Waals surface area contributed by atoms with Crippen molar-refractivity contribution in [2.45, 2.75) is 51.5 Å². The van der Waals surface area contributed by atoms with Crippen LogP contribution < -0.4 is 5.32 Å². The van der Waals surface area contributed by atoms with Crippen LogP contribution in [-0.2, 0) is 13.5 Å². The molecule has 1 aromatic heterocycles. The molecule has 0 bridgehead atoms. The van der Waals surface area contributed by atoms with Crippen LogP contribution >= 0.6 is 0 Å². The summed E-state index contributed by atoms with van der Waals surface area (Å²) in [5.74, 6) is 0.899. The number of hydrogen-bond donors (Lipinski definition) is 2. The molecule has 1 heterocycles. The molecule has 21 heavy (non-hydrogen) atoms. The summed E-state index contributed by atoms with van der Waals surface area (Å²) >= 11 is 0. The maximum absolute atomic E-state index is 11.4. The maximum atomic E-state index is 11.4. The van der Waals surface area contributed by atoms with Crippen molar-refractivity contribution in [3.05, 3.63) is 15.8 Å². The van der Waals surface area contributed by atoms with E-state index in [1.165, 1.54) is 4.68 Å². The molecule has 1 aromatic rings. The van der Waals surface area contributed by atoms with Crippen molar-refractivity contribution in [2.24, 2.45) is 13.0 Å². The summed E-state index contributed by atoms with van der Waals surface area (Å²) < 4.78 is 1.52. The van der Waals surface area contributed by atoms with Gasteiger partial charge in [-0.3, -0.25) is 10.1 Å². The third-order valence-corrected chi connectivity index (χ3v) is 4.39. The summed E-state index contributed by atoms with van der Waals surface area (Å²) in [7, 11) is 1.70. The molecule has 0 radical (unpaired) electrons. The lowest BCUT2D eigenvalue weighted by Crippen LogP contribution is -2.46. The highest BCUT2D eigenvalue weighted by Gasteiger charge is 2.38. The lowest BCUT2D eigenvalue weighted by molar-refractivity contribution is -0.384. The second-order valence-electron chi connectivity index (χ2n) is 6.14. The monoisotopic (exact) mass is 296 g/mol. The maximum Gasteiger partial charge on any atom is 0.333 e. The highest BCUT2D eigenvalue weighted by atomic mass is 16.6. The van der Waals surface area contributed by atoms with Crippen molar-refractivity contribution in [2.75, 3.05) is 11.9 Å². The number of aromatic nitrogens is 2. The van der Waals surface area contributed by atoms with Gasteiger partial charge in [0.15, 0.2) is 0 Å². The number of anilines is 1. The van der Waals surface area contributed by atoms with E-state index in [4.69, 9.17) is 0 Å². The number of nitro groups is 1. The van der Waals surface area contributed by atoms with Crippen molar-refractivity contribution < 1.29 is 10.0 Å². The van der Waals surface area contributed by atoms with Gasteiger partial charge in [-0.2, -0.15) is 5.10 Å². The topological polar surface area (TPSA) is 93.2 Å². The highest BCUT2D eigenvalue weighted by Crippen LogP contribution is 2.38. The first kappa shape index (κ1) is 15.8. The summed E-state index contributed by atoms with van der Waals surface area (Å²) in [5, 5.41) is 28.7. The van der Waals surface area contributed by atoms with E-state index in [1.54, 1.807) is 7.05 Å². The molecule has 0 saturated heterocycles. The molecule has 7 heteroatoms. The van der Waals surface area contributed by atoms with Crippen LogP contribution in [0.5, 0.6) is 0 Å². The fourth-order valence-electron chi connectivity index (χ4n) is 3.35. The van der Waals surface area contributed by atoms with Crippen LogP contribution in [0.1, 0.15) is 45.2 Å². The van der Waals surface area contributed by atoms with Crippen LogP contribution in [0.15, 0.2) is 0 Å². The first-order valence-corrected chi connectivity index (χ1v) is 7.51. The molecule has 1 fully saturated rings. The van der Waals surface area contributed by atoms with Gasteiger partial charge < -0.3 is 10.4 Å². The van der Waals surface area contributed by atoms with Gasteiger partial charge in [0.05, 0.1) is 17.1 Å². The number of nitrogens with zero attached hydrogens (tertiary/aromatic N) is 3. The molecular formula is C14H24N4O3. The minimum Gasteiger partial charge on any atom is -0.394 e. The molecule has 7 nitrogen and oxygen atoms in total. The summed E-state index contributed by atoms with van der Waals surface area (Å²) in [5.41, 5.74) is 0.0225. The lowest BCUT2D eigenvalue weighted by Gasteiger charge is -2.39. The van der Waals surface area contributed by atoms with E-state index in [0.29, 0.717) is 23.9 Å². The molecule has 2 rings (SSSR count). The van der Waals surface area contributed by atoms with Gasteiger partial charge in [-0.05, 0) is 25.2 Å².